The van der Waals surface area contributed by atoms with Gasteiger partial charge in [-0.25, -0.2) is 0 Å². The van der Waals surface area contributed by atoms with Gasteiger partial charge in [0.05, 0.1) is 10.0 Å². The number of hydrogen-bond acceptors (Lipinski definition) is 3. The molecule has 4 nitrogen and oxygen atoms in total. The van der Waals surface area contributed by atoms with Gasteiger partial charge in [0.25, 0.3) is 11.8 Å². The second-order valence-electron chi connectivity index (χ2n) is 2.55. The Morgan fingerprint density at radius 1 is 1.38 bits per heavy atom. The van der Waals surface area contributed by atoms with Crippen molar-refractivity contribution >= 4 is 40.2 Å². The fraction of sp³-hybridized carbons (Fsp3) is 0.375. The highest BCUT2D eigenvalue weighted by Crippen LogP contribution is 2.17. The van der Waals surface area contributed by atoms with Crippen LogP contribution in [0.4, 0.5) is 0 Å². The Bertz CT molecular complexity index is 319. The molecule has 0 unspecified atom stereocenters. The van der Waals surface area contributed by atoms with E-state index < -0.39 is 11.8 Å². The van der Waals surface area contributed by atoms with Gasteiger partial charge in [0.1, 0.15) is 0 Å². The van der Waals surface area contributed by atoms with Gasteiger partial charge in [-0.2, -0.15) is 0 Å². The Morgan fingerprint density at radius 2 is 2.00 bits per heavy atom. The summed E-state index contributed by atoms with van der Waals surface area (Å²) in [4.78, 5) is 33.5. The zero-order valence-corrected chi connectivity index (χ0v) is 9.17. The SMILES string of the molecule is CCC1=C(C(=O)CI)C(=O)NC1=O. The Kier molecular flexibility index (Phi) is 3.18. The summed E-state index contributed by atoms with van der Waals surface area (Å²) in [5, 5.41) is 2.11. The maximum absolute atomic E-state index is 11.3. The molecule has 0 atom stereocenters. The molecule has 0 saturated heterocycles. The molecule has 13 heavy (non-hydrogen) atoms. The molecular formula is C8H8INO3. The van der Waals surface area contributed by atoms with Gasteiger partial charge in [0.15, 0.2) is 5.78 Å². The number of halogens is 1. The predicted octanol–water partition coefficient (Wildman–Crippen LogP) is 0.353. The van der Waals surface area contributed by atoms with E-state index in [1.165, 1.54) is 0 Å². The van der Waals surface area contributed by atoms with Gasteiger partial charge in [0.2, 0.25) is 0 Å². The van der Waals surface area contributed by atoms with Crippen LogP contribution < -0.4 is 5.32 Å². The molecule has 0 aliphatic carbocycles. The third kappa shape index (κ3) is 1.79. The zero-order valence-electron chi connectivity index (χ0n) is 7.02. The summed E-state index contributed by atoms with van der Waals surface area (Å²) in [7, 11) is 0. The van der Waals surface area contributed by atoms with E-state index in [0.29, 0.717) is 12.0 Å². The number of imide groups is 1. The molecular weight excluding hydrogens is 285 g/mol. The average Bonchev–Trinajstić information content (AvgIpc) is 2.39. The molecule has 0 radical (unpaired) electrons. The van der Waals surface area contributed by atoms with Crippen LogP contribution in [0.15, 0.2) is 11.1 Å². The van der Waals surface area contributed by atoms with Gasteiger partial charge >= 0.3 is 0 Å². The lowest BCUT2D eigenvalue weighted by atomic mass is 10.1. The van der Waals surface area contributed by atoms with Crippen LogP contribution >= 0.6 is 22.6 Å². The van der Waals surface area contributed by atoms with Crippen LogP contribution in [0.1, 0.15) is 13.3 Å². The van der Waals surface area contributed by atoms with Gasteiger partial charge < -0.3 is 0 Å². The number of amides is 2. The lowest BCUT2D eigenvalue weighted by Crippen LogP contribution is -2.24. The first-order valence-electron chi connectivity index (χ1n) is 3.79. The first-order chi connectivity index (χ1) is 6.11. The second kappa shape index (κ2) is 3.99. The average molecular weight is 293 g/mol. The van der Waals surface area contributed by atoms with Crippen LogP contribution in [0.25, 0.3) is 0 Å². The van der Waals surface area contributed by atoms with Crippen molar-refractivity contribution in [1.82, 2.24) is 5.32 Å². The third-order valence-electron chi connectivity index (χ3n) is 1.78. The van der Waals surface area contributed by atoms with E-state index in [4.69, 9.17) is 0 Å². The molecule has 0 fully saturated rings. The summed E-state index contributed by atoms with van der Waals surface area (Å²) >= 11 is 1.87. The minimum absolute atomic E-state index is 0.0434. The van der Waals surface area contributed by atoms with Crippen LogP contribution in [0.2, 0.25) is 0 Å². The molecule has 1 N–H and O–H groups in total. The normalized spacial score (nSPS) is 16.5. The van der Waals surface area contributed by atoms with Crippen molar-refractivity contribution in [3.05, 3.63) is 11.1 Å². The minimum atomic E-state index is -0.552. The van der Waals surface area contributed by atoms with E-state index in [-0.39, 0.29) is 15.8 Å². The van der Waals surface area contributed by atoms with Crippen LogP contribution in [-0.2, 0) is 14.4 Å². The van der Waals surface area contributed by atoms with Crippen molar-refractivity contribution in [2.24, 2.45) is 0 Å². The summed E-state index contributed by atoms with van der Waals surface area (Å²) in [5.41, 5.74) is 0.355. The molecule has 0 bridgehead atoms. The maximum atomic E-state index is 11.3. The van der Waals surface area contributed by atoms with Crippen molar-refractivity contribution in [2.75, 3.05) is 4.43 Å². The zero-order chi connectivity index (χ0) is 10.0. The van der Waals surface area contributed by atoms with E-state index in [1.807, 2.05) is 22.6 Å². The molecule has 1 heterocycles. The van der Waals surface area contributed by atoms with Crippen LogP contribution in [0.3, 0.4) is 0 Å². The molecule has 1 rings (SSSR count). The van der Waals surface area contributed by atoms with E-state index in [9.17, 15) is 14.4 Å². The Hall–Kier alpha value is -0.720. The number of alkyl halides is 1. The molecule has 0 spiro atoms. The summed E-state index contributed by atoms with van der Waals surface area (Å²) in [6, 6.07) is 0. The van der Waals surface area contributed by atoms with Crippen molar-refractivity contribution in [1.29, 1.82) is 0 Å². The maximum Gasteiger partial charge on any atom is 0.262 e. The number of nitrogens with one attached hydrogen (secondary N) is 1. The Labute approximate surface area is 88.9 Å². The van der Waals surface area contributed by atoms with E-state index in [2.05, 4.69) is 5.32 Å². The monoisotopic (exact) mass is 293 g/mol. The standard InChI is InChI=1S/C8H8INO3/c1-2-4-6(5(11)3-9)8(13)10-7(4)12/h2-3H2,1H3,(H,10,12,13). The van der Waals surface area contributed by atoms with Crippen LogP contribution in [0.5, 0.6) is 0 Å². The van der Waals surface area contributed by atoms with Gasteiger partial charge in [-0.3, -0.25) is 19.7 Å². The number of ketones is 1. The predicted molar refractivity (Wildman–Crippen MR) is 54.4 cm³/mol. The first-order valence-corrected chi connectivity index (χ1v) is 5.32. The number of hydrogen-bond donors (Lipinski definition) is 1. The highest BCUT2D eigenvalue weighted by Gasteiger charge is 2.32. The van der Waals surface area contributed by atoms with Crippen LogP contribution in [0, 0.1) is 0 Å². The molecule has 0 saturated carbocycles. The first kappa shape index (κ1) is 10.4. The Morgan fingerprint density at radius 3 is 2.46 bits per heavy atom. The quantitative estimate of drug-likeness (QED) is 0.353. The molecule has 0 aromatic heterocycles. The van der Waals surface area contributed by atoms with Gasteiger partial charge in [-0.05, 0) is 6.42 Å². The highest BCUT2D eigenvalue weighted by molar-refractivity contribution is 14.1. The Balaban J connectivity index is 3.13. The fourth-order valence-corrected chi connectivity index (χ4v) is 1.57. The molecule has 5 heteroatoms. The van der Waals surface area contributed by atoms with Crippen molar-refractivity contribution in [2.45, 2.75) is 13.3 Å². The van der Waals surface area contributed by atoms with Gasteiger partial charge in [-0.1, -0.05) is 29.5 Å². The molecule has 70 valence electrons. The summed E-state index contributed by atoms with van der Waals surface area (Å²) in [5.74, 6) is -1.26. The van der Waals surface area contributed by atoms with E-state index in [0.717, 1.165) is 0 Å². The minimum Gasteiger partial charge on any atom is -0.293 e. The molecule has 1 aliphatic rings. The number of carbonyl (C=O) groups is 3. The lowest BCUT2D eigenvalue weighted by Gasteiger charge is -1.95. The van der Waals surface area contributed by atoms with E-state index >= 15 is 0 Å². The number of carbonyl (C=O) groups excluding carboxylic acids is 3. The third-order valence-corrected chi connectivity index (χ3v) is 2.48. The summed E-state index contributed by atoms with van der Waals surface area (Å²) in [6.45, 7) is 1.74. The van der Waals surface area contributed by atoms with Crippen molar-refractivity contribution < 1.29 is 14.4 Å². The second-order valence-corrected chi connectivity index (χ2v) is 3.31. The molecule has 2 amide bonds. The smallest absolute Gasteiger partial charge is 0.262 e. The van der Waals surface area contributed by atoms with Gasteiger partial charge in [0, 0.05) is 5.57 Å². The summed E-state index contributed by atoms with van der Waals surface area (Å²) < 4.78 is 0.220. The molecule has 1 aliphatic heterocycles. The van der Waals surface area contributed by atoms with Crippen LogP contribution in [-0.4, -0.2) is 22.0 Å². The van der Waals surface area contributed by atoms with E-state index in [1.54, 1.807) is 6.92 Å². The lowest BCUT2D eigenvalue weighted by molar-refractivity contribution is -0.124. The summed E-state index contributed by atoms with van der Waals surface area (Å²) in [6.07, 6.45) is 0.412. The largest absolute Gasteiger partial charge is 0.293 e. The molecule has 0 aromatic rings. The van der Waals surface area contributed by atoms with Gasteiger partial charge in [-0.15, -0.1) is 0 Å². The van der Waals surface area contributed by atoms with Crippen molar-refractivity contribution in [3.63, 3.8) is 0 Å². The highest BCUT2D eigenvalue weighted by atomic mass is 127. The molecule has 0 aromatic carbocycles. The topological polar surface area (TPSA) is 63.2 Å². The number of rotatable bonds is 3. The van der Waals surface area contributed by atoms with Crippen molar-refractivity contribution in [3.8, 4) is 0 Å². The number of Topliss-reactive ketones (excluding diaryl/α,β-unsaturated/α-hetero) is 1. The fourth-order valence-electron chi connectivity index (χ4n) is 1.19.